The van der Waals surface area contributed by atoms with Crippen LogP contribution in [0.3, 0.4) is 0 Å². The van der Waals surface area contributed by atoms with Crippen LogP contribution in [0.4, 0.5) is 4.39 Å². The molecule has 8 rings (SSSR count). The first-order valence-corrected chi connectivity index (χ1v) is 14.9. The summed E-state index contributed by atoms with van der Waals surface area (Å²) in [5.74, 6) is 1.72. The molecule has 2 saturated carbocycles. The monoisotopic (exact) mass is 580 g/mol. The Morgan fingerprint density at radius 2 is 1.93 bits per heavy atom. The second-order valence-electron chi connectivity index (χ2n) is 12.3. The molecule has 1 saturated heterocycles. The van der Waals surface area contributed by atoms with Crippen molar-refractivity contribution >= 4 is 28.0 Å². The minimum absolute atomic E-state index is 0.0149. The number of benzene rings is 2. The molecule has 43 heavy (non-hydrogen) atoms. The first-order chi connectivity index (χ1) is 20.8. The molecule has 2 aromatic carbocycles. The molecule has 3 aromatic heterocycles. The molecule has 220 valence electrons. The maximum Gasteiger partial charge on any atom is 0.254 e. The molecule has 4 heterocycles. The zero-order chi connectivity index (χ0) is 29.6. The van der Waals surface area contributed by atoms with Crippen molar-refractivity contribution in [1.82, 2.24) is 24.0 Å². The highest BCUT2D eigenvalue weighted by Crippen LogP contribution is 2.40. The van der Waals surface area contributed by atoms with Crippen LogP contribution in [0.5, 0.6) is 11.5 Å². The van der Waals surface area contributed by atoms with E-state index >= 15 is 0 Å². The van der Waals surface area contributed by atoms with Crippen molar-refractivity contribution in [1.29, 1.82) is 0 Å². The Balaban J connectivity index is 1.25. The number of likely N-dealkylation sites (tertiary alicyclic amines) is 1. The molecule has 2 aliphatic carbocycles. The van der Waals surface area contributed by atoms with Crippen molar-refractivity contribution in [3.63, 3.8) is 0 Å². The Labute approximate surface area is 247 Å². The van der Waals surface area contributed by atoms with Crippen LogP contribution >= 0.6 is 0 Å². The number of nitrogens with two attached hydrogens (primary N) is 1. The highest BCUT2D eigenvalue weighted by atomic mass is 19.1. The number of halogens is 1. The lowest BCUT2D eigenvalue weighted by Crippen LogP contribution is -2.41. The highest BCUT2D eigenvalue weighted by molar-refractivity contribution is 6.00. The van der Waals surface area contributed by atoms with Gasteiger partial charge in [-0.1, -0.05) is 0 Å². The van der Waals surface area contributed by atoms with E-state index in [1.165, 1.54) is 18.2 Å². The molecule has 9 nitrogen and oxygen atoms in total. The van der Waals surface area contributed by atoms with Gasteiger partial charge in [-0.25, -0.2) is 14.4 Å². The number of hydrogen-bond acceptors (Lipinski definition) is 6. The Morgan fingerprint density at radius 1 is 1.09 bits per heavy atom. The fourth-order valence-corrected chi connectivity index (χ4v) is 7.18. The molecule has 1 amide bonds. The molecule has 3 atom stereocenters. The lowest BCUT2D eigenvalue weighted by Gasteiger charge is -2.27. The summed E-state index contributed by atoms with van der Waals surface area (Å²) in [6, 6.07) is 13.5. The zero-order valence-electron chi connectivity index (χ0n) is 24.1. The summed E-state index contributed by atoms with van der Waals surface area (Å²) < 4.78 is 24.7. The number of piperidine rings is 1. The second kappa shape index (κ2) is 9.54. The second-order valence-corrected chi connectivity index (χ2v) is 12.3. The van der Waals surface area contributed by atoms with Gasteiger partial charge >= 0.3 is 0 Å². The SMILES string of the molecule is COc1cc(C(=O)N2C[C@H]3CC[C@@H]2[C@@H]3N)cc2nc(-c3cc4ccc(-c5cc(O)ccc5F)nc4n3CC3CC3)n(C)c12. The van der Waals surface area contributed by atoms with E-state index in [0.717, 1.165) is 60.3 Å². The smallest absolute Gasteiger partial charge is 0.254 e. The quantitative estimate of drug-likeness (QED) is 0.290. The van der Waals surface area contributed by atoms with Crippen LogP contribution in [0.2, 0.25) is 0 Å². The molecular weight excluding hydrogens is 547 g/mol. The number of nitrogens with zero attached hydrogens (tertiary/aromatic N) is 5. The van der Waals surface area contributed by atoms with Gasteiger partial charge in [0.15, 0.2) is 5.82 Å². The van der Waals surface area contributed by atoms with Gasteiger partial charge in [0.2, 0.25) is 0 Å². The molecule has 5 aromatic rings. The predicted molar refractivity (Wildman–Crippen MR) is 161 cm³/mol. The van der Waals surface area contributed by atoms with E-state index in [1.807, 2.05) is 34.7 Å². The van der Waals surface area contributed by atoms with Crippen LogP contribution < -0.4 is 10.5 Å². The topological polar surface area (TPSA) is 111 Å². The average molecular weight is 581 g/mol. The third kappa shape index (κ3) is 4.11. The van der Waals surface area contributed by atoms with Gasteiger partial charge in [0.05, 0.1) is 24.0 Å². The lowest BCUT2D eigenvalue weighted by atomic mass is 10.1. The van der Waals surface area contributed by atoms with E-state index in [0.29, 0.717) is 40.9 Å². The van der Waals surface area contributed by atoms with Gasteiger partial charge in [-0.15, -0.1) is 0 Å². The lowest BCUT2D eigenvalue weighted by molar-refractivity contribution is 0.0700. The summed E-state index contributed by atoms with van der Waals surface area (Å²) >= 11 is 0. The molecule has 0 spiro atoms. The van der Waals surface area contributed by atoms with Crippen molar-refractivity contribution in [2.75, 3.05) is 13.7 Å². The van der Waals surface area contributed by atoms with E-state index in [-0.39, 0.29) is 29.3 Å². The number of methoxy groups -OCH3 is 1. The minimum Gasteiger partial charge on any atom is -0.508 e. The number of carbonyl (C=O) groups is 1. The molecule has 0 radical (unpaired) electrons. The van der Waals surface area contributed by atoms with Crippen LogP contribution in [0.1, 0.15) is 36.0 Å². The molecule has 3 aliphatic rings. The van der Waals surface area contributed by atoms with Gasteiger partial charge in [-0.2, -0.15) is 0 Å². The average Bonchev–Trinajstić information content (AvgIpc) is 3.41. The summed E-state index contributed by atoms with van der Waals surface area (Å²) in [5, 5.41) is 10.9. The van der Waals surface area contributed by atoms with E-state index in [9.17, 15) is 14.3 Å². The number of amides is 1. The number of hydrogen-bond donors (Lipinski definition) is 2. The summed E-state index contributed by atoms with van der Waals surface area (Å²) in [6.45, 7) is 1.46. The number of aromatic hydroxyl groups is 1. The number of phenolic OH excluding ortho intramolecular Hbond substituents is 1. The van der Waals surface area contributed by atoms with Crippen molar-refractivity contribution in [2.45, 2.75) is 44.3 Å². The third-order valence-electron chi connectivity index (χ3n) is 9.65. The summed E-state index contributed by atoms with van der Waals surface area (Å²) in [6.07, 6.45) is 4.31. The number of ether oxygens (including phenoxy) is 1. The van der Waals surface area contributed by atoms with Gasteiger partial charge < -0.3 is 29.6 Å². The van der Waals surface area contributed by atoms with Gasteiger partial charge in [0, 0.05) is 48.7 Å². The number of fused-ring (bicyclic) bond motifs is 4. The number of imidazole rings is 1. The van der Waals surface area contributed by atoms with Crippen molar-refractivity contribution in [3.8, 4) is 34.3 Å². The van der Waals surface area contributed by atoms with Gasteiger partial charge in [0.25, 0.3) is 5.91 Å². The molecule has 1 aliphatic heterocycles. The van der Waals surface area contributed by atoms with Crippen LogP contribution in [0.25, 0.3) is 44.8 Å². The number of phenols is 1. The van der Waals surface area contributed by atoms with Gasteiger partial charge in [0.1, 0.15) is 28.5 Å². The standard InChI is InChI=1S/C33H33FN6O3/c1-38-30-25(11-20(13-28(30)43-2)33(42)40-16-19-6-10-26(40)29(19)35)37-32(38)27-12-18-5-9-24(22-14-21(41)7-8-23(22)34)36-31(18)39(27)15-17-3-4-17/h5,7-9,11-14,17,19,26,29,41H,3-4,6,10,15-16,35H2,1-2H3/t19-,26-,29-/m1/s1. The molecule has 2 bridgehead atoms. The predicted octanol–water partition coefficient (Wildman–Crippen LogP) is 5.08. The fraction of sp³-hybridized carbons (Fsp3) is 0.364. The van der Waals surface area contributed by atoms with E-state index in [4.69, 9.17) is 20.4 Å². The summed E-state index contributed by atoms with van der Waals surface area (Å²) in [4.78, 5) is 25.5. The van der Waals surface area contributed by atoms with Crippen molar-refractivity contribution in [3.05, 3.63) is 59.9 Å². The molecule has 0 unspecified atom stereocenters. The highest BCUT2D eigenvalue weighted by Gasteiger charge is 2.47. The first-order valence-electron chi connectivity index (χ1n) is 14.9. The number of rotatable bonds is 6. The molecule has 10 heteroatoms. The van der Waals surface area contributed by atoms with Crippen molar-refractivity contribution in [2.24, 2.45) is 24.6 Å². The Morgan fingerprint density at radius 3 is 2.65 bits per heavy atom. The van der Waals surface area contributed by atoms with Gasteiger partial charge in [-0.3, -0.25) is 4.79 Å². The maximum atomic E-state index is 14.7. The maximum absolute atomic E-state index is 14.7. The normalized spacial score (nSPS) is 21.4. The Kier molecular flexibility index (Phi) is 5.81. The number of aromatic nitrogens is 4. The number of aryl methyl sites for hydroxylation is 1. The van der Waals surface area contributed by atoms with E-state index in [2.05, 4.69) is 10.6 Å². The van der Waals surface area contributed by atoms with Crippen molar-refractivity contribution < 1.29 is 19.0 Å². The summed E-state index contributed by atoms with van der Waals surface area (Å²) in [5.41, 5.74) is 10.7. The largest absolute Gasteiger partial charge is 0.508 e. The number of pyridine rings is 1. The van der Waals surface area contributed by atoms with E-state index in [1.54, 1.807) is 13.2 Å². The first kappa shape index (κ1) is 26.2. The third-order valence-corrected chi connectivity index (χ3v) is 9.65. The summed E-state index contributed by atoms with van der Waals surface area (Å²) in [7, 11) is 3.56. The van der Waals surface area contributed by atoms with Gasteiger partial charge in [-0.05, 0) is 86.1 Å². The minimum atomic E-state index is -0.443. The zero-order valence-corrected chi connectivity index (χ0v) is 24.1. The van der Waals surface area contributed by atoms with E-state index < -0.39 is 5.82 Å². The van der Waals surface area contributed by atoms with Crippen LogP contribution in [0.15, 0.2) is 48.5 Å². The number of carbonyl (C=O) groups excluding carboxylic acids is 1. The Bertz CT molecular complexity index is 1940. The fourth-order valence-electron chi connectivity index (χ4n) is 7.18. The van der Waals surface area contributed by atoms with Crippen LogP contribution in [-0.2, 0) is 13.6 Å². The molecule has 3 fully saturated rings. The van der Waals surface area contributed by atoms with Crippen LogP contribution in [-0.4, -0.2) is 60.8 Å². The molecular formula is C33H33FN6O3. The Hall–Kier alpha value is -4.44. The van der Waals surface area contributed by atoms with Crippen LogP contribution in [0, 0.1) is 17.7 Å². The molecule has 3 N–H and O–H groups in total.